The minimum atomic E-state index is -0.624. The highest BCUT2D eigenvalue weighted by molar-refractivity contribution is 5.30. The Kier molecular flexibility index (Phi) is 4.46. The molecule has 2 aromatic rings. The molecule has 0 spiro atoms. The van der Waals surface area contributed by atoms with Gasteiger partial charge in [0.15, 0.2) is 5.82 Å². The first kappa shape index (κ1) is 14.6. The molecule has 0 aliphatic heterocycles. The van der Waals surface area contributed by atoms with Crippen LogP contribution in [-0.2, 0) is 6.42 Å². The highest BCUT2D eigenvalue weighted by Crippen LogP contribution is 2.30. The van der Waals surface area contributed by atoms with Gasteiger partial charge in [0.25, 0.3) is 0 Å². The summed E-state index contributed by atoms with van der Waals surface area (Å²) in [5.74, 6) is 0.742. The zero-order valence-electron chi connectivity index (χ0n) is 11.8. The maximum absolute atomic E-state index is 9.67. The van der Waals surface area contributed by atoms with Crippen LogP contribution in [0.3, 0.4) is 0 Å². The third kappa shape index (κ3) is 2.71. The molecule has 6 heteroatoms. The van der Waals surface area contributed by atoms with Gasteiger partial charge in [0, 0.05) is 11.8 Å². The number of aromatic nitrogens is 4. The fraction of sp³-hybridized carbons (Fsp3) is 0.500. The van der Waals surface area contributed by atoms with Gasteiger partial charge in [-0.1, -0.05) is 32.0 Å². The fourth-order valence-electron chi connectivity index (χ4n) is 2.13. The van der Waals surface area contributed by atoms with Gasteiger partial charge in [0.2, 0.25) is 0 Å². The van der Waals surface area contributed by atoms with Gasteiger partial charge in [-0.15, -0.1) is 5.10 Å². The molecule has 0 aliphatic carbocycles. The first-order valence-corrected chi connectivity index (χ1v) is 6.67. The van der Waals surface area contributed by atoms with E-state index in [1.807, 2.05) is 44.2 Å². The number of hydrogen-bond acceptors (Lipinski definition) is 5. The van der Waals surface area contributed by atoms with Crippen molar-refractivity contribution in [3.8, 4) is 5.69 Å². The van der Waals surface area contributed by atoms with E-state index in [1.165, 1.54) is 0 Å². The first-order chi connectivity index (χ1) is 9.63. The van der Waals surface area contributed by atoms with E-state index in [1.54, 1.807) is 4.68 Å². The van der Waals surface area contributed by atoms with Crippen LogP contribution in [0.25, 0.3) is 5.69 Å². The summed E-state index contributed by atoms with van der Waals surface area (Å²) in [6.45, 7) is 3.73. The topological polar surface area (TPSA) is 84.1 Å². The van der Waals surface area contributed by atoms with Gasteiger partial charge >= 0.3 is 0 Å². The first-order valence-electron chi connectivity index (χ1n) is 6.67. The Hall–Kier alpha value is -1.79. The third-order valence-electron chi connectivity index (χ3n) is 3.90. The molecule has 0 aliphatic rings. The molecular formula is C14H20N4O2. The number of hydrogen-bond donors (Lipinski definition) is 2. The molecule has 0 saturated heterocycles. The Labute approximate surface area is 118 Å². The Bertz CT molecular complexity index is 535. The van der Waals surface area contributed by atoms with E-state index in [4.69, 9.17) is 0 Å². The van der Waals surface area contributed by atoms with Crippen LogP contribution in [0.5, 0.6) is 0 Å². The number of aliphatic hydroxyl groups is 2. The lowest BCUT2D eigenvalue weighted by molar-refractivity contribution is 0.0143. The zero-order chi connectivity index (χ0) is 14.6. The van der Waals surface area contributed by atoms with Gasteiger partial charge in [0.1, 0.15) is 0 Å². The normalized spacial score (nSPS) is 12.1. The van der Waals surface area contributed by atoms with Crippen LogP contribution in [0.4, 0.5) is 0 Å². The SMILES string of the molecule is CC(C)C(CO)(CO)Cc1nnnn1-c1ccccc1. The van der Waals surface area contributed by atoms with Crippen molar-refractivity contribution in [1.29, 1.82) is 0 Å². The highest BCUT2D eigenvalue weighted by atomic mass is 16.3. The largest absolute Gasteiger partial charge is 0.396 e. The van der Waals surface area contributed by atoms with E-state index < -0.39 is 5.41 Å². The molecule has 1 aromatic carbocycles. The Morgan fingerprint density at radius 2 is 1.80 bits per heavy atom. The maximum Gasteiger partial charge on any atom is 0.157 e. The lowest BCUT2D eigenvalue weighted by Gasteiger charge is -2.33. The summed E-state index contributed by atoms with van der Waals surface area (Å²) in [5, 5.41) is 31.1. The summed E-state index contributed by atoms with van der Waals surface area (Å²) in [4.78, 5) is 0. The Morgan fingerprint density at radius 1 is 1.15 bits per heavy atom. The summed E-state index contributed by atoms with van der Waals surface area (Å²) in [6.07, 6.45) is 0.416. The second-order valence-electron chi connectivity index (χ2n) is 5.35. The lowest BCUT2D eigenvalue weighted by atomic mass is 9.75. The molecule has 0 radical (unpaired) electrons. The predicted octanol–water partition coefficient (Wildman–Crippen LogP) is 0.832. The average Bonchev–Trinajstić information content (AvgIpc) is 2.93. The summed E-state index contributed by atoms with van der Waals surface area (Å²) in [5.41, 5.74) is 0.238. The van der Waals surface area contributed by atoms with E-state index in [2.05, 4.69) is 15.5 Å². The number of benzene rings is 1. The van der Waals surface area contributed by atoms with E-state index in [-0.39, 0.29) is 19.1 Å². The minimum absolute atomic E-state index is 0.108. The number of para-hydroxylation sites is 1. The van der Waals surface area contributed by atoms with Crippen LogP contribution in [0.1, 0.15) is 19.7 Å². The number of aliphatic hydroxyl groups excluding tert-OH is 2. The number of nitrogens with zero attached hydrogens (tertiary/aromatic N) is 4. The lowest BCUT2D eigenvalue weighted by Crippen LogP contribution is -2.38. The van der Waals surface area contributed by atoms with E-state index in [0.717, 1.165) is 5.69 Å². The molecular weight excluding hydrogens is 256 g/mol. The monoisotopic (exact) mass is 276 g/mol. The van der Waals surface area contributed by atoms with E-state index >= 15 is 0 Å². The molecule has 2 N–H and O–H groups in total. The van der Waals surface area contributed by atoms with Crippen LogP contribution >= 0.6 is 0 Å². The maximum atomic E-state index is 9.67. The molecule has 0 atom stereocenters. The van der Waals surface area contributed by atoms with Gasteiger partial charge in [-0.25, -0.2) is 0 Å². The molecule has 6 nitrogen and oxygen atoms in total. The number of tetrazole rings is 1. The van der Waals surface area contributed by atoms with Crippen molar-refractivity contribution in [3.05, 3.63) is 36.2 Å². The third-order valence-corrected chi connectivity index (χ3v) is 3.90. The van der Waals surface area contributed by atoms with Crippen LogP contribution in [0.2, 0.25) is 0 Å². The van der Waals surface area contributed by atoms with Crippen LogP contribution in [-0.4, -0.2) is 43.6 Å². The van der Waals surface area contributed by atoms with E-state index in [0.29, 0.717) is 12.2 Å². The second kappa shape index (κ2) is 6.11. The van der Waals surface area contributed by atoms with Crippen molar-refractivity contribution in [3.63, 3.8) is 0 Å². The standard InChI is InChI=1S/C14H20N4O2/c1-11(2)14(9-19,10-20)8-13-15-16-17-18(13)12-6-4-3-5-7-12/h3-7,11,19-20H,8-10H2,1-2H3. The van der Waals surface area contributed by atoms with Crippen molar-refractivity contribution in [2.75, 3.05) is 13.2 Å². The Morgan fingerprint density at radius 3 is 2.35 bits per heavy atom. The predicted molar refractivity (Wildman–Crippen MR) is 74.3 cm³/mol. The van der Waals surface area contributed by atoms with Gasteiger partial charge in [0.05, 0.1) is 18.9 Å². The van der Waals surface area contributed by atoms with Crippen molar-refractivity contribution >= 4 is 0 Å². The van der Waals surface area contributed by atoms with Crippen molar-refractivity contribution in [2.24, 2.45) is 11.3 Å². The molecule has 108 valence electrons. The van der Waals surface area contributed by atoms with Crippen molar-refractivity contribution in [2.45, 2.75) is 20.3 Å². The quantitative estimate of drug-likeness (QED) is 0.816. The molecule has 0 fully saturated rings. The molecule has 20 heavy (non-hydrogen) atoms. The van der Waals surface area contributed by atoms with E-state index in [9.17, 15) is 10.2 Å². The number of rotatable bonds is 6. The minimum Gasteiger partial charge on any atom is -0.396 e. The van der Waals surface area contributed by atoms with Crippen LogP contribution in [0.15, 0.2) is 30.3 Å². The van der Waals surface area contributed by atoms with Crippen molar-refractivity contribution < 1.29 is 10.2 Å². The summed E-state index contributed by atoms with van der Waals surface area (Å²) in [7, 11) is 0. The molecule has 0 unspecified atom stereocenters. The summed E-state index contributed by atoms with van der Waals surface area (Å²) < 4.78 is 1.64. The molecule has 1 heterocycles. The van der Waals surface area contributed by atoms with Crippen LogP contribution < -0.4 is 0 Å². The van der Waals surface area contributed by atoms with Gasteiger partial charge in [-0.3, -0.25) is 0 Å². The van der Waals surface area contributed by atoms with Gasteiger partial charge in [-0.2, -0.15) is 4.68 Å². The van der Waals surface area contributed by atoms with Crippen LogP contribution in [0, 0.1) is 11.3 Å². The highest BCUT2D eigenvalue weighted by Gasteiger charge is 2.35. The zero-order valence-corrected chi connectivity index (χ0v) is 11.8. The summed E-state index contributed by atoms with van der Waals surface area (Å²) in [6, 6.07) is 9.57. The smallest absolute Gasteiger partial charge is 0.157 e. The fourth-order valence-corrected chi connectivity index (χ4v) is 2.13. The molecule has 0 saturated carbocycles. The van der Waals surface area contributed by atoms with Gasteiger partial charge < -0.3 is 10.2 Å². The molecule has 0 amide bonds. The molecule has 0 bridgehead atoms. The molecule has 1 aromatic heterocycles. The second-order valence-corrected chi connectivity index (χ2v) is 5.35. The molecule has 2 rings (SSSR count). The summed E-state index contributed by atoms with van der Waals surface area (Å²) >= 11 is 0. The van der Waals surface area contributed by atoms with Gasteiger partial charge in [-0.05, 0) is 28.5 Å². The average molecular weight is 276 g/mol. The Balaban J connectivity index is 2.33. The van der Waals surface area contributed by atoms with Crippen molar-refractivity contribution in [1.82, 2.24) is 20.2 Å².